The van der Waals surface area contributed by atoms with Gasteiger partial charge in [-0.1, -0.05) is 48.2 Å². The molecule has 0 fully saturated rings. The molecule has 9 heteroatoms. The summed E-state index contributed by atoms with van der Waals surface area (Å²) in [5.41, 5.74) is 5.41. The van der Waals surface area contributed by atoms with Crippen molar-refractivity contribution >= 4 is 30.0 Å². The number of rotatable bonds is 10. The van der Waals surface area contributed by atoms with Crippen LogP contribution in [0.1, 0.15) is 19.4 Å². The number of thioether (sulfide) groups is 1. The van der Waals surface area contributed by atoms with Crippen molar-refractivity contribution in [3.05, 3.63) is 59.7 Å². The Morgan fingerprint density at radius 3 is 2.58 bits per heavy atom. The monoisotopic (exact) mass is 465 g/mol. The number of ether oxygens (including phenoxy) is 2. The average molecular weight is 466 g/mol. The first-order chi connectivity index (χ1) is 16.0. The zero-order valence-corrected chi connectivity index (χ0v) is 19.9. The number of benzene rings is 2. The van der Waals surface area contributed by atoms with E-state index in [0.717, 1.165) is 16.7 Å². The van der Waals surface area contributed by atoms with Crippen molar-refractivity contribution < 1.29 is 14.3 Å². The summed E-state index contributed by atoms with van der Waals surface area (Å²) in [5.74, 6) is 1.90. The van der Waals surface area contributed by atoms with E-state index < -0.39 is 0 Å². The second kappa shape index (κ2) is 11.9. The van der Waals surface area contributed by atoms with Gasteiger partial charge in [-0.05, 0) is 43.2 Å². The van der Waals surface area contributed by atoms with Gasteiger partial charge >= 0.3 is 0 Å². The molecule has 0 radical (unpaired) electrons. The van der Waals surface area contributed by atoms with Crippen LogP contribution in [0.5, 0.6) is 11.5 Å². The van der Waals surface area contributed by atoms with Crippen molar-refractivity contribution in [1.82, 2.24) is 20.2 Å². The van der Waals surface area contributed by atoms with Crippen LogP contribution in [0.4, 0.5) is 0 Å². The number of nitrogens with zero attached hydrogens (tertiary/aromatic N) is 4. The molecule has 172 valence electrons. The highest BCUT2D eigenvalue weighted by molar-refractivity contribution is 7.99. The maximum absolute atomic E-state index is 12.2. The molecule has 1 N–H and O–H groups in total. The number of hydrazone groups is 1. The van der Waals surface area contributed by atoms with Gasteiger partial charge in [0.15, 0.2) is 22.5 Å². The third-order valence-corrected chi connectivity index (χ3v) is 5.63. The normalized spacial score (nSPS) is 11.6. The van der Waals surface area contributed by atoms with Gasteiger partial charge in [-0.2, -0.15) is 5.10 Å². The highest BCUT2D eigenvalue weighted by Gasteiger charge is 2.16. The Kier molecular flexibility index (Phi) is 8.65. The molecule has 0 saturated carbocycles. The number of hydrogen-bond acceptors (Lipinski definition) is 7. The summed E-state index contributed by atoms with van der Waals surface area (Å²) in [5, 5.41) is 13.3. The Morgan fingerprint density at radius 2 is 1.88 bits per heavy atom. The lowest BCUT2D eigenvalue weighted by Gasteiger charge is -2.10. The van der Waals surface area contributed by atoms with Gasteiger partial charge in [0, 0.05) is 12.1 Å². The van der Waals surface area contributed by atoms with E-state index in [9.17, 15) is 4.79 Å². The van der Waals surface area contributed by atoms with Crippen LogP contribution in [0.2, 0.25) is 0 Å². The summed E-state index contributed by atoms with van der Waals surface area (Å²) in [4.78, 5) is 12.2. The molecule has 1 heterocycles. The van der Waals surface area contributed by atoms with Gasteiger partial charge in [0.2, 0.25) is 0 Å². The van der Waals surface area contributed by atoms with Gasteiger partial charge in [0.1, 0.15) is 0 Å². The number of hydrogen-bond donors (Lipinski definition) is 1. The molecule has 2 aromatic carbocycles. The second-order valence-electron chi connectivity index (χ2n) is 7.00. The van der Waals surface area contributed by atoms with Crippen LogP contribution in [-0.4, -0.2) is 46.9 Å². The van der Waals surface area contributed by atoms with E-state index in [0.29, 0.717) is 29.0 Å². The molecule has 33 heavy (non-hydrogen) atoms. The Bertz CT molecular complexity index is 1140. The van der Waals surface area contributed by atoms with Crippen molar-refractivity contribution in [2.24, 2.45) is 5.10 Å². The summed E-state index contributed by atoms with van der Waals surface area (Å²) < 4.78 is 12.6. The van der Waals surface area contributed by atoms with E-state index in [-0.39, 0.29) is 11.7 Å². The Labute approximate surface area is 197 Å². The summed E-state index contributed by atoms with van der Waals surface area (Å²) >= 11 is 1.31. The minimum absolute atomic E-state index is 0.169. The summed E-state index contributed by atoms with van der Waals surface area (Å²) in [6, 6.07) is 15.5. The fourth-order valence-corrected chi connectivity index (χ4v) is 3.88. The molecule has 3 aromatic rings. The molecule has 3 rings (SSSR count). The largest absolute Gasteiger partial charge is 0.493 e. The van der Waals surface area contributed by atoms with E-state index in [4.69, 9.17) is 9.47 Å². The van der Waals surface area contributed by atoms with Crippen molar-refractivity contribution in [2.45, 2.75) is 25.5 Å². The molecule has 0 atom stereocenters. The van der Waals surface area contributed by atoms with Crippen LogP contribution in [-0.2, 0) is 11.3 Å². The molecular weight excluding hydrogens is 438 g/mol. The van der Waals surface area contributed by atoms with Gasteiger partial charge < -0.3 is 14.0 Å². The molecule has 0 aliphatic rings. The van der Waals surface area contributed by atoms with Crippen molar-refractivity contribution in [1.29, 1.82) is 0 Å². The van der Waals surface area contributed by atoms with Crippen LogP contribution >= 0.6 is 11.8 Å². The van der Waals surface area contributed by atoms with Gasteiger partial charge in [-0.3, -0.25) is 4.79 Å². The molecule has 1 aromatic heterocycles. The predicted molar refractivity (Wildman–Crippen MR) is 132 cm³/mol. The number of amides is 1. The molecular formula is C24H27N5O3S. The number of allylic oxidation sites excluding steroid dienone is 1. The molecule has 0 saturated heterocycles. The fourth-order valence-electron chi connectivity index (χ4n) is 3.09. The molecule has 0 spiro atoms. The smallest absolute Gasteiger partial charge is 0.250 e. The van der Waals surface area contributed by atoms with E-state index in [1.54, 1.807) is 20.4 Å². The van der Waals surface area contributed by atoms with Crippen molar-refractivity contribution in [2.75, 3.05) is 20.0 Å². The number of aromatic nitrogens is 3. The summed E-state index contributed by atoms with van der Waals surface area (Å²) in [6.45, 7) is 4.59. The van der Waals surface area contributed by atoms with Gasteiger partial charge in [0.05, 0.1) is 26.2 Å². The average Bonchev–Trinajstić information content (AvgIpc) is 3.25. The molecule has 0 aliphatic carbocycles. The van der Waals surface area contributed by atoms with Crippen molar-refractivity contribution in [3.63, 3.8) is 0 Å². The Balaban J connectivity index is 1.61. The van der Waals surface area contributed by atoms with Crippen LogP contribution in [0.25, 0.3) is 17.5 Å². The third kappa shape index (κ3) is 6.45. The third-order valence-electron chi connectivity index (χ3n) is 4.66. The Morgan fingerprint density at radius 1 is 1.12 bits per heavy atom. The fraction of sp³-hybridized carbons (Fsp3) is 0.250. The second-order valence-corrected chi connectivity index (χ2v) is 7.94. The van der Waals surface area contributed by atoms with Crippen LogP contribution < -0.4 is 14.9 Å². The van der Waals surface area contributed by atoms with Crippen LogP contribution in [0, 0.1) is 0 Å². The predicted octanol–water partition coefficient (Wildman–Crippen LogP) is 4.28. The highest BCUT2D eigenvalue weighted by atomic mass is 32.2. The lowest BCUT2D eigenvalue weighted by Crippen LogP contribution is -2.20. The standard InChI is InChI=1S/C24H27N5O3S/c1-5-29-23(19-11-12-20(31-3)21(14-19)32-4)27-28-24(29)33-16-22(30)26-25-15-17(2)13-18-9-7-6-8-10-18/h6-15H,5,16H2,1-4H3,(H,26,30)/b17-13+,25-15-. The maximum atomic E-state index is 12.2. The number of carbonyl (C=O) groups is 1. The minimum Gasteiger partial charge on any atom is -0.493 e. The van der Waals surface area contributed by atoms with Crippen LogP contribution in [0.15, 0.2) is 64.4 Å². The van der Waals surface area contributed by atoms with E-state index >= 15 is 0 Å². The SMILES string of the molecule is CCn1c(SCC(=O)N/N=C\C(C)=C\c2ccccc2)nnc1-c1ccc(OC)c(OC)c1. The lowest BCUT2D eigenvalue weighted by atomic mass is 10.1. The minimum atomic E-state index is -0.220. The quantitative estimate of drug-likeness (QED) is 0.273. The summed E-state index contributed by atoms with van der Waals surface area (Å²) in [6.07, 6.45) is 3.61. The first kappa shape index (κ1) is 24.1. The Hall–Kier alpha value is -3.59. The van der Waals surface area contributed by atoms with E-state index in [1.807, 2.05) is 73.0 Å². The topological polar surface area (TPSA) is 90.6 Å². The number of nitrogens with one attached hydrogen (secondary N) is 1. The number of carbonyl (C=O) groups excluding carboxylic acids is 1. The van der Waals surface area contributed by atoms with Crippen molar-refractivity contribution in [3.8, 4) is 22.9 Å². The first-order valence-corrected chi connectivity index (χ1v) is 11.4. The van der Waals surface area contributed by atoms with E-state index in [1.165, 1.54) is 11.8 Å². The molecule has 1 amide bonds. The van der Waals surface area contributed by atoms with Crippen LogP contribution in [0.3, 0.4) is 0 Å². The molecule has 8 nitrogen and oxygen atoms in total. The van der Waals surface area contributed by atoms with Gasteiger partial charge in [0.25, 0.3) is 5.91 Å². The molecule has 0 unspecified atom stereocenters. The van der Waals surface area contributed by atoms with E-state index in [2.05, 4.69) is 20.7 Å². The lowest BCUT2D eigenvalue weighted by molar-refractivity contribution is -0.118. The van der Waals surface area contributed by atoms with Gasteiger partial charge in [-0.15, -0.1) is 10.2 Å². The molecule has 0 bridgehead atoms. The zero-order valence-electron chi connectivity index (χ0n) is 19.1. The maximum Gasteiger partial charge on any atom is 0.250 e. The summed E-state index contributed by atoms with van der Waals surface area (Å²) in [7, 11) is 3.18. The zero-order chi connectivity index (χ0) is 23.6. The van der Waals surface area contributed by atoms with Gasteiger partial charge in [-0.25, -0.2) is 5.43 Å². The first-order valence-electron chi connectivity index (χ1n) is 10.4. The number of methoxy groups -OCH3 is 2. The molecule has 0 aliphatic heterocycles. The highest BCUT2D eigenvalue weighted by Crippen LogP contribution is 2.32.